The lowest BCUT2D eigenvalue weighted by atomic mass is 10.1. The summed E-state index contributed by atoms with van der Waals surface area (Å²) < 4.78 is 0. The molecule has 1 saturated carbocycles. The summed E-state index contributed by atoms with van der Waals surface area (Å²) in [5, 5.41) is 10.7. The van der Waals surface area contributed by atoms with Gasteiger partial charge in [-0.05, 0) is 23.9 Å². The van der Waals surface area contributed by atoms with Gasteiger partial charge in [-0.3, -0.25) is 0 Å². The Morgan fingerprint density at radius 2 is 2.36 bits per heavy atom. The van der Waals surface area contributed by atoms with Crippen molar-refractivity contribution in [2.24, 2.45) is 17.1 Å². The molecule has 0 radical (unpaired) electrons. The van der Waals surface area contributed by atoms with E-state index in [0.29, 0.717) is 17.3 Å². The highest BCUT2D eigenvalue weighted by molar-refractivity contribution is 7.10. The predicted octanol–water partition coefficient (Wildman–Crippen LogP) is 2.32. The normalized spacial score (nSPS) is 28.4. The minimum absolute atomic E-state index is 0.326. The number of thiophene rings is 1. The summed E-state index contributed by atoms with van der Waals surface area (Å²) in [6.45, 7) is 5.25. The van der Waals surface area contributed by atoms with E-state index in [1.54, 1.807) is 11.3 Å². The largest absolute Gasteiger partial charge is 0.330 e. The van der Waals surface area contributed by atoms with Crippen molar-refractivity contribution in [1.82, 2.24) is 0 Å². The first-order valence-corrected chi connectivity index (χ1v) is 5.67. The lowest BCUT2D eigenvalue weighted by Crippen LogP contribution is -2.05. The Kier molecular flexibility index (Phi) is 2.13. The zero-order valence-corrected chi connectivity index (χ0v) is 9.27. The van der Waals surface area contributed by atoms with Gasteiger partial charge in [0.15, 0.2) is 0 Å². The van der Waals surface area contributed by atoms with Gasteiger partial charge in [0, 0.05) is 16.2 Å². The van der Waals surface area contributed by atoms with E-state index in [0.717, 1.165) is 12.1 Å². The molecule has 0 aromatic carbocycles. The zero-order chi connectivity index (χ0) is 10.3. The van der Waals surface area contributed by atoms with Gasteiger partial charge in [-0.1, -0.05) is 13.8 Å². The average Bonchev–Trinajstić information content (AvgIpc) is 2.55. The third kappa shape index (κ3) is 1.26. The summed E-state index contributed by atoms with van der Waals surface area (Å²) in [7, 11) is 0. The van der Waals surface area contributed by atoms with Crippen LogP contribution in [-0.2, 0) is 0 Å². The van der Waals surface area contributed by atoms with Crippen molar-refractivity contribution in [3.8, 4) is 6.07 Å². The first kappa shape index (κ1) is 9.70. The van der Waals surface area contributed by atoms with Gasteiger partial charge in [-0.15, -0.1) is 11.3 Å². The molecular formula is C11H14N2S. The van der Waals surface area contributed by atoms with Gasteiger partial charge in [0.2, 0.25) is 0 Å². The van der Waals surface area contributed by atoms with Crippen molar-refractivity contribution in [1.29, 1.82) is 5.26 Å². The van der Waals surface area contributed by atoms with Crippen LogP contribution in [0, 0.1) is 22.7 Å². The summed E-state index contributed by atoms with van der Waals surface area (Å²) in [4.78, 5) is 1.32. The molecule has 3 heteroatoms. The summed E-state index contributed by atoms with van der Waals surface area (Å²) in [6.07, 6.45) is 0. The smallest absolute Gasteiger partial charge is 0.100 e. The van der Waals surface area contributed by atoms with Gasteiger partial charge >= 0.3 is 0 Å². The number of hydrogen-bond acceptors (Lipinski definition) is 3. The third-order valence-electron chi connectivity index (χ3n) is 3.36. The van der Waals surface area contributed by atoms with Crippen LogP contribution >= 0.6 is 11.3 Å². The van der Waals surface area contributed by atoms with Crippen LogP contribution in [0.15, 0.2) is 11.4 Å². The van der Waals surface area contributed by atoms with Gasteiger partial charge in [0.05, 0.1) is 5.56 Å². The molecule has 74 valence electrons. The van der Waals surface area contributed by atoms with Crippen LogP contribution in [-0.4, -0.2) is 6.54 Å². The molecule has 0 spiro atoms. The summed E-state index contributed by atoms with van der Waals surface area (Å²) in [5.41, 5.74) is 6.82. The fourth-order valence-electron chi connectivity index (χ4n) is 2.32. The summed E-state index contributed by atoms with van der Waals surface area (Å²) in [5.74, 6) is 1.16. The molecule has 1 aromatic rings. The van der Waals surface area contributed by atoms with Crippen molar-refractivity contribution < 1.29 is 0 Å². The first-order chi connectivity index (χ1) is 6.61. The number of nitrogens with two attached hydrogens (primary N) is 1. The van der Waals surface area contributed by atoms with E-state index in [2.05, 4.69) is 19.9 Å². The quantitative estimate of drug-likeness (QED) is 0.807. The molecule has 1 aliphatic rings. The molecule has 1 aliphatic carbocycles. The third-order valence-corrected chi connectivity index (χ3v) is 4.38. The summed E-state index contributed by atoms with van der Waals surface area (Å²) >= 11 is 1.69. The van der Waals surface area contributed by atoms with Crippen molar-refractivity contribution in [3.05, 3.63) is 21.9 Å². The Bertz CT molecular complexity index is 386. The maximum atomic E-state index is 8.74. The molecular weight excluding hydrogens is 192 g/mol. The van der Waals surface area contributed by atoms with E-state index in [4.69, 9.17) is 11.0 Å². The zero-order valence-electron chi connectivity index (χ0n) is 8.45. The fraction of sp³-hybridized carbons (Fsp3) is 0.545. The Morgan fingerprint density at radius 1 is 1.64 bits per heavy atom. The molecule has 2 N–H and O–H groups in total. The van der Waals surface area contributed by atoms with E-state index >= 15 is 0 Å². The molecule has 0 bridgehead atoms. The van der Waals surface area contributed by atoms with Crippen molar-refractivity contribution >= 4 is 11.3 Å². The number of nitrogens with zero attached hydrogens (tertiary/aromatic N) is 1. The maximum absolute atomic E-state index is 8.74. The van der Waals surface area contributed by atoms with Crippen LogP contribution < -0.4 is 5.73 Å². The van der Waals surface area contributed by atoms with Crippen LogP contribution in [0.1, 0.15) is 30.2 Å². The highest BCUT2D eigenvalue weighted by atomic mass is 32.1. The minimum atomic E-state index is 0.326. The van der Waals surface area contributed by atoms with Crippen LogP contribution in [0.4, 0.5) is 0 Å². The van der Waals surface area contributed by atoms with Gasteiger partial charge < -0.3 is 5.73 Å². The molecule has 2 rings (SSSR count). The van der Waals surface area contributed by atoms with Crippen molar-refractivity contribution in [2.75, 3.05) is 6.54 Å². The molecule has 0 unspecified atom stereocenters. The topological polar surface area (TPSA) is 49.8 Å². The molecule has 0 saturated heterocycles. The van der Waals surface area contributed by atoms with Crippen LogP contribution in [0.25, 0.3) is 0 Å². The second-order valence-electron chi connectivity index (χ2n) is 4.49. The SMILES string of the molecule is CC1(C)[C@H](CN)[C@H]1c1cc(C#N)cs1. The first-order valence-electron chi connectivity index (χ1n) is 4.80. The monoisotopic (exact) mass is 206 g/mol. The highest BCUT2D eigenvalue weighted by Gasteiger charge is 2.57. The molecule has 14 heavy (non-hydrogen) atoms. The van der Waals surface area contributed by atoms with Crippen molar-refractivity contribution in [3.63, 3.8) is 0 Å². The Balaban J connectivity index is 2.23. The lowest BCUT2D eigenvalue weighted by molar-refractivity contribution is 0.559. The highest BCUT2D eigenvalue weighted by Crippen LogP contribution is 2.64. The second kappa shape index (κ2) is 3.08. The number of hydrogen-bond donors (Lipinski definition) is 1. The van der Waals surface area contributed by atoms with E-state index < -0.39 is 0 Å². The molecule has 1 aromatic heterocycles. The minimum Gasteiger partial charge on any atom is -0.330 e. The molecule has 2 nitrogen and oxygen atoms in total. The Hall–Kier alpha value is -0.850. The standard InChI is InChI=1S/C11H14N2S/c1-11(2)8(5-13)10(11)9-3-7(4-12)6-14-9/h3,6,8,10H,5,13H2,1-2H3/t8-,10+/m1/s1. The second-order valence-corrected chi connectivity index (χ2v) is 5.43. The molecule has 0 amide bonds. The fourth-order valence-corrected chi connectivity index (χ4v) is 3.52. The Labute approximate surface area is 88.4 Å². The van der Waals surface area contributed by atoms with Crippen LogP contribution in [0.5, 0.6) is 0 Å². The lowest BCUT2D eigenvalue weighted by Gasteiger charge is -1.98. The molecule has 1 fully saturated rings. The van der Waals surface area contributed by atoms with E-state index in [9.17, 15) is 0 Å². The van der Waals surface area contributed by atoms with E-state index in [1.807, 2.05) is 11.4 Å². The average molecular weight is 206 g/mol. The van der Waals surface area contributed by atoms with E-state index in [-0.39, 0.29) is 0 Å². The molecule has 0 aliphatic heterocycles. The Morgan fingerprint density at radius 3 is 2.79 bits per heavy atom. The molecule has 2 atom stereocenters. The molecule has 1 heterocycles. The number of nitriles is 1. The van der Waals surface area contributed by atoms with Gasteiger partial charge in [-0.2, -0.15) is 5.26 Å². The van der Waals surface area contributed by atoms with Crippen molar-refractivity contribution in [2.45, 2.75) is 19.8 Å². The van der Waals surface area contributed by atoms with Gasteiger partial charge in [-0.25, -0.2) is 0 Å². The van der Waals surface area contributed by atoms with Crippen LogP contribution in [0.3, 0.4) is 0 Å². The maximum Gasteiger partial charge on any atom is 0.100 e. The predicted molar refractivity (Wildman–Crippen MR) is 58.1 cm³/mol. The van der Waals surface area contributed by atoms with Gasteiger partial charge in [0.1, 0.15) is 6.07 Å². The van der Waals surface area contributed by atoms with Gasteiger partial charge in [0.25, 0.3) is 0 Å². The number of rotatable bonds is 2. The summed E-state index contributed by atoms with van der Waals surface area (Å²) in [6, 6.07) is 4.18. The van der Waals surface area contributed by atoms with E-state index in [1.165, 1.54) is 4.88 Å². The van der Waals surface area contributed by atoms with Crippen LogP contribution in [0.2, 0.25) is 0 Å².